The maximum absolute atomic E-state index is 13.2. The van der Waals surface area contributed by atoms with Crippen LogP contribution in [0, 0.1) is 0 Å². The van der Waals surface area contributed by atoms with Crippen molar-refractivity contribution in [3.8, 4) is 16.9 Å². The first-order valence-electron chi connectivity index (χ1n) is 8.91. The zero-order valence-electron chi connectivity index (χ0n) is 15.6. The third kappa shape index (κ3) is 4.04. The highest BCUT2D eigenvalue weighted by Gasteiger charge is 2.41. The van der Waals surface area contributed by atoms with Gasteiger partial charge in [-0.15, -0.1) is 0 Å². The van der Waals surface area contributed by atoms with Crippen LogP contribution in [0.4, 0.5) is 0 Å². The molecule has 1 heterocycles. The lowest BCUT2D eigenvalue weighted by molar-refractivity contribution is -0.148. The number of ether oxygens (including phenoxy) is 2. The fraction of sp³-hybridized carbons (Fsp3) is 0.350. The third-order valence-electron chi connectivity index (χ3n) is 4.95. The summed E-state index contributed by atoms with van der Waals surface area (Å²) in [7, 11) is -2.48. The molecule has 1 aliphatic heterocycles. The van der Waals surface area contributed by atoms with Crippen molar-refractivity contribution in [2.75, 3.05) is 26.2 Å². The number of aliphatic carboxylic acids is 1. The summed E-state index contributed by atoms with van der Waals surface area (Å²) in [6, 6.07) is 14.2. The molecular formula is C20H23NO6S. The van der Waals surface area contributed by atoms with Crippen LogP contribution in [0.25, 0.3) is 11.1 Å². The molecule has 2 N–H and O–H groups in total. The van der Waals surface area contributed by atoms with Crippen LogP contribution in [0.15, 0.2) is 53.4 Å². The molecule has 0 radical (unpaired) electrons. The van der Waals surface area contributed by atoms with Gasteiger partial charge < -0.3 is 14.6 Å². The van der Waals surface area contributed by atoms with Crippen molar-refractivity contribution < 1.29 is 27.8 Å². The second kappa shape index (κ2) is 8.30. The molecule has 2 aromatic rings. The van der Waals surface area contributed by atoms with Crippen LogP contribution in [0.1, 0.15) is 12.8 Å². The van der Waals surface area contributed by atoms with E-state index < -0.39 is 27.2 Å². The van der Waals surface area contributed by atoms with Gasteiger partial charge in [-0.05, 0) is 24.5 Å². The number of carboxylic acids is 1. The molecular weight excluding hydrogens is 382 g/mol. The molecule has 3 rings (SSSR count). The van der Waals surface area contributed by atoms with Crippen molar-refractivity contribution in [3.05, 3.63) is 48.5 Å². The molecule has 0 unspecified atom stereocenters. The maximum atomic E-state index is 13.2. The van der Waals surface area contributed by atoms with Gasteiger partial charge in [-0.2, -0.15) is 0 Å². The normalized spacial score (nSPS) is 16.5. The number of methoxy groups -OCH3 is 1. The van der Waals surface area contributed by atoms with Gasteiger partial charge in [0.1, 0.15) is 22.1 Å². The van der Waals surface area contributed by atoms with Crippen molar-refractivity contribution in [3.63, 3.8) is 0 Å². The molecule has 1 fully saturated rings. The molecule has 0 spiro atoms. The minimum absolute atomic E-state index is 0.0452. The largest absolute Gasteiger partial charge is 0.495 e. The number of carbonyl (C=O) groups is 1. The van der Waals surface area contributed by atoms with Crippen LogP contribution >= 0.6 is 0 Å². The topological polar surface area (TPSA) is 102 Å². The molecule has 0 aromatic heterocycles. The summed E-state index contributed by atoms with van der Waals surface area (Å²) in [6.07, 6.45) is 0.407. The van der Waals surface area contributed by atoms with Crippen LogP contribution in [-0.4, -0.2) is 51.2 Å². The van der Waals surface area contributed by atoms with Gasteiger partial charge in [-0.25, -0.2) is 8.42 Å². The zero-order valence-corrected chi connectivity index (χ0v) is 16.4. The van der Waals surface area contributed by atoms with Crippen LogP contribution in [0.2, 0.25) is 0 Å². The van der Waals surface area contributed by atoms with Gasteiger partial charge in [-0.3, -0.25) is 10.1 Å². The van der Waals surface area contributed by atoms with Gasteiger partial charge in [0, 0.05) is 18.8 Å². The summed E-state index contributed by atoms with van der Waals surface area (Å²) in [4.78, 5) is 11.8. The molecule has 0 aliphatic carbocycles. The lowest BCUT2D eigenvalue weighted by Gasteiger charge is -2.34. The monoisotopic (exact) mass is 405 g/mol. The van der Waals surface area contributed by atoms with Crippen molar-refractivity contribution >= 4 is 15.8 Å². The lowest BCUT2D eigenvalue weighted by Crippen LogP contribution is -2.56. The van der Waals surface area contributed by atoms with Crippen molar-refractivity contribution in [1.82, 2.24) is 5.32 Å². The molecule has 1 aliphatic rings. The van der Waals surface area contributed by atoms with E-state index in [-0.39, 0.29) is 36.7 Å². The minimum atomic E-state index is -3.89. The Bertz CT molecular complexity index is 936. The number of nitrogens with one attached hydrogen (secondary N) is 1. The second-order valence-corrected chi connectivity index (χ2v) is 8.56. The van der Waals surface area contributed by atoms with E-state index in [0.717, 1.165) is 5.56 Å². The van der Waals surface area contributed by atoms with Gasteiger partial charge in [0.15, 0.2) is 9.84 Å². The molecule has 0 bridgehead atoms. The lowest BCUT2D eigenvalue weighted by atomic mass is 9.90. The summed E-state index contributed by atoms with van der Waals surface area (Å²) < 4.78 is 37.0. The molecule has 0 amide bonds. The van der Waals surface area contributed by atoms with Crippen molar-refractivity contribution in [1.29, 1.82) is 0 Å². The first-order valence-corrected chi connectivity index (χ1v) is 10.6. The Morgan fingerprint density at radius 3 is 2.43 bits per heavy atom. The quantitative estimate of drug-likeness (QED) is 0.729. The molecule has 0 saturated carbocycles. The predicted octanol–water partition coefficient (Wildman–Crippen LogP) is 2.32. The van der Waals surface area contributed by atoms with Gasteiger partial charge in [0.2, 0.25) is 0 Å². The van der Waals surface area contributed by atoms with Gasteiger partial charge in [0.05, 0.1) is 7.11 Å². The first-order chi connectivity index (χ1) is 13.4. The fourth-order valence-electron chi connectivity index (χ4n) is 3.33. The number of sulfone groups is 1. The number of rotatable bonds is 7. The van der Waals surface area contributed by atoms with E-state index in [2.05, 4.69) is 5.32 Å². The number of benzene rings is 2. The Labute approximate surface area is 164 Å². The molecule has 0 atom stereocenters. The van der Waals surface area contributed by atoms with E-state index in [0.29, 0.717) is 5.56 Å². The first kappa shape index (κ1) is 20.3. The van der Waals surface area contributed by atoms with E-state index in [1.807, 2.05) is 30.3 Å². The zero-order chi connectivity index (χ0) is 20.2. The number of hydrogen-bond donors (Lipinski definition) is 2. The van der Waals surface area contributed by atoms with Crippen molar-refractivity contribution in [2.24, 2.45) is 0 Å². The Kier molecular flexibility index (Phi) is 6.02. The van der Waals surface area contributed by atoms with E-state index >= 15 is 0 Å². The van der Waals surface area contributed by atoms with Crippen LogP contribution in [0.3, 0.4) is 0 Å². The Morgan fingerprint density at radius 1 is 1.14 bits per heavy atom. The highest BCUT2D eigenvalue weighted by Crippen LogP contribution is 2.35. The second-order valence-electron chi connectivity index (χ2n) is 6.64. The van der Waals surface area contributed by atoms with Gasteiger partial charge in [-0.1, -0.05) is 42.5 Å². The number of hydrogen-bond acceptors (Lipinski definition) is 6. The van der Waals surface area contributed by atoms with Crippen LogP contribution < -0.4 is 10.1 Å². The third-order valence-corrected chi connectivity index (χ3v) is 6.52. The Morgan fingerprint density at radius 2 is 1.82 bits per heavy atom. The molecule has 7 nitrogen and oxygen atoms in total. The van der Waals surface area contributed by atoms with Crippen LogP contribution in [-0.2, 0) is 19.4 Å². The van der Waals surface area contributed by atoms with Gasteiger partial charge in [0.25, 0.3) is 0 Å². The van der Waals surface area contributed by atoms with E-state index in [1.165, 1.54) is 7.11 Å². The van der Waals surface area contributed by atoms with Gasteiger partial charge >= 0.3 is 5.97 Å². The predicted molar refractivity (Wildman–Crippen MR) is 104 cm³/mol. The molecule has 2 aromatic carbocycles. The standard InChI is InChI=1S/C20H23NO6S/c1-26-17-9-5-8-16(15-6-3-2-4-7-15)18(17)28(24,25)14-21-20(19(22)23)10-12-27-13-11-20/h2-9,21H,10-14H2,1H3,(H,22,23). The average molecular weight is 405 g/mol. The summed E-state index contributed by atoms with van der Waals surface area (Å²) in [6.45, 7) is 0.534. The molecule has 1 saturated heterocycles. The summed E-state index contributed by atoms with van der Waals surface area (Å²) in [5.74, 6) is -1.37. The van der Waals surface area contributed by atoms with E-state index in [9.17, 15) is 18.3 Å². The summed E-state index contributed by atoms with van der Waals surface area (Å²) in [5, 5.41) is 12.4. The molecule has 150 valence electrons. The Balaban J connectivity index is 1.98. The highest BCUT2D eigenvalue weighted by molar-refractivity contribution is 7.91. The number of carboxylic acid groups (broad SMARTS) is 1. The van der Waals surface area contributed by atoms with Crippen LogP contribution in [0.5, 0.6) is 5.75 Å². The smallest absolute Gasteiger partial charge is 0.324 e. The minimum Gasteiger partial charge on any atom is -0.495 e. The maximum Gasteiger partial charge on any atom is 0.324 e. The Hall–Kier alpha value is -2.42. The molecule has 8 heteroatoms. The summed E-state index contributed by atoms with van der Waals surface area (Å²) in [5.41, 5.74) is -0.0719. The SMILES string of the molecule is COc1cccc(-c2ccccc2)c1S(=O)(=O)CNC1(C(=O)O)CCOCC1. The fourth-order valence-corrected chi connectivity index (χ4v) is 4.92. The van der Waals surface area contributed by atoms with E-state index in [4.69, 9.17) is 9.47 Å². The highest BCUT2D eigenvalue weighted by atomic mass is 32.2. The van der Waals surface area contributed by atoms with E-state index in [1.54, 1.807) is 18.2 Å². The summed E-state index contributed by atoms with van der Waals surface area (Å²) >= 11 is 0. The molecule has 28 heavy (non-hydrogen) atoms. The average Bonchev–Trinajstić information content (AvgIpc) is 2.73. The van der Waals surface area contributed by atoms with Crippen molar-refractivity contribution in [2.45, 2.75) is 23.3 Å².